The average molecular weight is 330 g/mol. The maximum Gasteiger partial charge on any atom is 0.0435 e. The number of halogens is 3. The van der Waals surface area contributed by atoms with Gasteiger partial charge in [0, 0.05) is 14.9 Å². The quantitative estimate of drug-likeness (QED) is 0.636. The van der Waals surface area contributed by atoms with Crippen molar-refractivity contribution in [3.8, 4) is 0 Å². The first-order valence-electron chi connectivity index (χ1n) is 5.29. The molecule has 0 aromatic heterocycles. The maximum atomic E-state index is 5.86. The van der Waals surface area contributed by atoms with Gasteiger partial charge in [-0.05, 0) is 41.8 Å². The molecule has 0 saturated heterocycles. The smallest absolute Gasteiger partial charge is 0.0435 e. The van der Waals surface area contributed by atoms with Crippen LogP contribution in [0, 0.1) is 0 Å². The maximum absolute atomic E-state index is 5.86. The summed E-state index contributed by atoms with van der Waals surface area (Å²) >= 11 is 15.4. The molecule has 2 rings (SSSR count). The van der Waals surface area contributed by atoms with Gasteiger partial charge in [0.25, 0.3) is 0 Å². The first-order valence-corrected chi connectivity index (χ1v) is 6.96. The molecule has 2 aromatic rings. The van der Waals surface area contributed by atoms with Crippen molar-refractivity contribution in [2.75, 3.05) is 0 Å². The molecular formula is C14H11BrCl2. The summed E-state index contributed by atoms with van der Waals surface area (Å²) in [7, 11) is 0. The predicted molar refractivity (Wildman–Crippen MR) is 78.3 cm³/mol. The van der Waals surface area contributed by atoms with Crippen molar-refractivity contribution >= 4 is 39.1 Å². The number of hydrogen-bond acceptors (Lipinski definition) is 0. The molecule has 0 bridgehead atoms. The summed E-state index contributed by atoms with van der Waals surface area (Å²) in [6, 6.07) is 15.8. The second-order valence-electron chi connectivity index (χ2n) is 3.85. The van der Waals surface area contributed by atoms with Gasteiger partial charge in [-0.3, -0.25) is 0 Å². The molecule has 0 saturated carbocycles. The van der Waals surface area contributed by atoms with E-state index in [0.717, 1.165) is 16.5 Å². The lowest BCUT2D eigenvalue weighted by Crippen LogP contribution is -1.94. The fraction of sp³-hybridized carbons (Fsp3) is 0.143. The molecule has 0 radical (unpaired) electrons. The van der Waals surface area contributed by atoms with Gasteiger partial charge in [-0.1, -0.05) is 63.4 Å². The lowest BCUT2D eigenvalue weighted by molar-refractivity contribution is 0.949. The highest BCUT2D eigenvalue weighted by Gasteiger charge is 2.08. The highest BCUT2D eigenvalue weighted by atomic mass is 79.9. The van der Waals surface area contributed by atoms with E-state index in [9.17, 15) is 0 Å². The molecule has 0 N–H and O–H groups in total. The Morgan fingerprint density at radius 3 is 1.82 bits per heavy atom. The summed E-state index contributed by atoms with van der Waals surface area (Å²) in [5.41, 5.74) is 2.48. The average Bonchev–Trinajstić information content (AvgIpc) is 2.33. The van der Waals surface area contributed by atoms with E-state index in [0.29, 0.717) is 4.83 Å². The lowest BCUT2D eigenvalue weighted by Gasteiger charge is -2.10. The molecule has 0 nitrogen and oxygen atoms in total. The van der Waals surface area contributed by atoms with Gasteiger partial charge in [0.05, 0.1) is 0 Å². The van der Waals surface area contributed by atoms with Crippen LogP contribution < -0.4 is 0 Å². The minimum atomic E-state index is 0.293. The molecule has 0 spiro atoms. The van der Waals surface area contributed by atoms with E-state index >= 15 is 0 Å². The molecule has 17 heavy (non-hydrogen) atoms. The van der Waals surface area contributed by atoms with Crippen LogP contribution in [0.4, 0.5) is 0 Å². The largest absolute Gasteiger partial charge is 0.0843 e. The van der Waals surface area contributed by atoms with Crippen LogP contribution in [-0.4, -0.2) is 0 Å². The van der Waals surface area contributed by atoms with Crippen molar-refractivity contribution in [3.63, 3.8) is 0 Å². The summed E-state index contributed by atoms with van der Waals surface area (Å²) in [4.78, 5) is 0.293. The van der Waals surface area contributed by atoms with E-state index in [1.807, 2.05) is 48.5 Å². The Kier molecular flexibility index (Phi) is 4.49. The Morgan fingerprint density at radius 1 is 0.824 bits per heavy atom. The minimum Gasteiger partial charge on any atom is -0.0843 e. The van der Waals surface area contributed by atoms with Crippen molar-refractivity contribution in [3.05, 3.63) is 69.7 Å². The first kappa shape index (κ1) is 12.9. The highest BCUT2D eigenvalue weighted by molar-refractivity contribution is 9.09. The molecule has 2 aromatic carbocycles. The molecule has 0 heterocycles. The third-order valence-electron chi connectivity index (χ3n) is 2.56. The fourth-order valence-corrected chi connectivity index (χ4v) is 2.55. The molecule has 0 amide bonds. The van der Waals surface area contributed by atoms with E-state index in [4.69, 9.17) is 23.2 Å². The SMILES string of the molecule is Clc1ccc(CC(Br)c2ccc(Cl)cc2)cc1. The first-order chi connectivity index (χ1) is 8.15. The predicted octanol–water partition coefficient (Wildman–Crippen LogP) is 5.67. The van der Waals surface area contributed by atoms with Crippen LogP contribution in [-0.2, 0) is 6.42 Å². The highest BCUT2D eigenvalue weighted by Crippen LogP contribution is 2.28. The molecule has 3 heteroatoms. The molecule has 1 unspecified atom stereocenters. The van der Waals surface area contributed by atoms with E-state index < -0.39 is 0 Å². The minimum absolute atomic E-state index is 0.293. The zero-order valence-electron chi connectivity index (χ0n) is 9.04. The van der Waals surface area contributed by atoms with Crippen molar-refractivity contribution in [2.24, 2.45) is 0 Å². The molecule has 88 valence electrons. The monoisotopic (exact) mass is 328 g/mol. The molecule has 1 atom stereocenters. The third-order valence-corrected chi connectivity index (χ3v) is 3.92. The molecular weight excluding hydrogens is 319 g/mol. The van der Waals surface area contributed by atoms with Crippen molar-refractivity contribution in [1.82, 2.24) is 0 Å². The van der Waals surface area contributed by atoms with Crippen molar-refractivity contribution in [1.29, 1.82) is 0 Å². The van der Waals surface area contributed by atoms with Crippen LogP contribution in [0.5, 0.6) is 0 Å². The Bertz CT molecular complexity index is 477. The van der Waals surface area contributed by atoms with Gasteiger partial charge in [0.1, 0.15) is 0 Å². The summed E-state index contributed by atoms with van der Waals surface area (Å²) < 4.78 is 0. The van der Waals surface area contributed by atoms with Gasteiger partial charge < -0.3 is 0 Å². The normalized spacial score (nSPS) is 12.4. The van der Waals surface area contributed by atoms with Gasteiger partial charge >= 0.3 is 0 Å². The van der Waals surface area contributed by atoms with Gasteiger partial charge in [0.2, 0.25) is 0 Å². The van der Waals surface area contributed by atoms with E-state index in [1.165, 1.54) is 11.1 Å². The topological polar surface area (TPSA) is 0 Å². The second kappa shape index (κ2) is 5.90. The fourth-order valence-electron chi connectivity index (χ4n) is 1.62. The van der Waals surface area contributed by atoms with Gasteiger partial charge in [-0.25, -0.2) is 0 Å². The zero-order chi connectivity index (χ0) is 12.3. The van der Waals surface area contributed by atoms with Crippen LogP contribution in [0.25, 0.3) is 0 Å². The Morgan fingerprint density at radius 2 is 1.29 bits per heavy atom. The summed E-state index contributed by atoms with van der Waals surface area (Å²) in [5, 5.41) is 1.53. The van der Waals surface area contributed by atoms with Crippen LogP contribution in [0.1, 0.15) is 16.0 Å². The van der Waals surface area contributed by atoms with Crippen LogP contribution in [0.3, 0.4) is 0 Å². The molecule has 0 fully saturated rings. The number of hydrogen-bond donors (Lipinski definition) is 0. The zero-order valence-corrected chi connectivity index (χ0v) is 12.1. The van der Waals surface area contributed by atoms with Crippen molar-refractivity contribution in [2.45, 2.75) is 11.2 Å². The van der Waals surface area contributed by atoms with E-state index in [1.54, 1.807) is 0 Å². The summed E-state index contributed by atoms with van der Waals surface area (Å²) in [6.07, 6.45) is 0.929. The summed E-state index contributed by atoms with van der Waals surface area (Å²) in [6.45, 7) is 0. The Balaban J connectivity index is 2.08. The lowest BCUT2D eigenvalue weighted by atomic mass is 10.0. The number of benzene rings is 2. The van der Waals surface area contributed by atoms with Crippen LogP contribution in [0.2, 0.25) is 10.0 Å². The van der Waals surface area contributed by atoms with Gasteiger partial charge in [-0.15, -0.1) is 0 Å². The van der Waals surface area contributed by atoms with Gasteiger partial charge in [-0.2, -0.15) is 0 Å². The molecule has 0 aliphatic carbocycles. The Hall–Kier alpha value is -0.500. The Labute approximate surface area is 120 Å². The van der Waals surface area contributed by atoms with E-state index in [-0.39, 0.29) is 0 Å². The van der Waals surface area contributed by atoms with Crippen LogP contribution in [0.15, 0.2) is 48.5 Å². The third kappa shape index (κ3) is 3.74. The number of alkyl halides is 1. The molecule has 0 aliphatic heterocycles. The number of rotatable bonds is 3. The van der Waals surface area contributed by atoms with E-state index in [2.05, 4.69) is 15.9 Å². The standard InChI is InChI=1S/C14H11BrCl2/c15-14(11-3-7-13(17)8-4-11)9-10-1-5-12(16)6-2-10/h1-8,14H,9H2. The summed E-state index contributed by atoms with van der Waals surface area (Å²) in [5.74, 6) is 0. The van der Waals surface area contributed by atoms with Crippen LogP contribution >= 0.6 is 39.1 Å². The van der Waals surface area contributed by atoms with Gasteiger partial charge in [0.15, 0.2) is 0 Å². The molecule has 0 aliphatic rings. The van der Waals surface area contributed by atoms with Crippen molar-refractivity contribution < 1.29 is 0 Å². The second-order valence-corrected chi connectivity index (χ2v) is 5.83.